The van der Waals surface area contributed by atoms with E-state index in [1.807, 2.05) is 34.9 Å². The number of fused-ring (bicyclic) bond motifs is 1. The van der Waals surface area contributed by atoms with Gasteiger partial charge in [0, 0.05) is 11.3 Å². The van der Waals surface area contributed by atoms with Crippen molar-refractivity contribution in [1.82, 2.24) is 19.7 Å². The van der Waals surface area contributed by atoms with Crippen LogP contribution >= 0.6 is 11.3 Å². The zero-order valence-electron chi connectivity index (χ0n) is 10.5. The fraction of sp³-hybridized carbons (Fsp3) is 0. The number of hydrogen-bond donors (Lipinski definition) is 0. The molecule has 0 atom stereocenters. The lowest BCUT2D eigenvalue weighted by Gasteiger charge is -2.01. The van der Waals surface area contributed by atoms with E-state index in [0.29, 0.717) is 0 Å². The lowest BCUT2D eigenvalue weighted by molar-refractivity contribution is 1.06. The van der Waals surface area contributed by atoms with E-state index >= 15 is 0 Å². The van der Waals surface area contributed by atoms with Crippen LogP contribution in [-0.2, 0) is 0 Å². The van der Waals surface area contributed by atoms with Crippen LogP contribution in [0.5, 0.6) is 0 Å². The predicted molar refractivity (Wildman–Crippen MR) is 80.0 cm³/mol. The molecule has 4 aromatic rings. The van der Waals surface area contributed by atoms with Crippen molar-refractivity contribution < 1.29 is 0 Å². The Kier molecular flexibility index (Phi) is 2.57. The van der Waals surface area contributed by atoms with Crippen LogP contribution in [-0.4, -0.2) is 19.7 Å². The maximum atomic E-state index is 4.66. The molecule has 0 aliphatic rings. The van der Waals surface area contributed by atoms with Crippen LogP contribution in [0.4, 0.5) is 0 Å². The molecule has 0 N–H and O–H groups in total. The summed E-state index contributed by atoms with van der Waals surface area (Å²) in [5.41, 5.74) is 3.22. The lowest BCUT2D eigenvalue weighted by Crippen LogP contribution is -1.89. The molecule has 0 radical (unpaired) electrons. The van der Waals surface area contributed by atoms with Gasteiger partial charge in [0.05, 0.1) is 10.2 Å². The summed E-state index contributed by atoms with van der Waals surface area (Å²) in [6.07, 6.45) is 3.37. The molecule has 0 amide bonds. The molecule has 0 aliphatic carbocycles. The highest BCUT2D eigenvalue weighted by Gasteiger charge is 2.06. The summed E-state index contributed by atoms with van der Waals surface area (Å²) in [6.45, 7) is 0. The van der Waals surface area contributed by atoms with Crippen molar-refractivity contribution in [1.29, 1.82) is 0 Å². The van der Waals surface area contributed by atoms with E-state index in [0.717, 1.165) is 21.8 Å². The number of rotatable bonds is 2. The van der Waals surface area contributed by atoms with Crippen molar-refractivity contribution >= 4 is 21.6 Å². The summed E-state index contributed by atoms with van der Waals surface area (Å²) in [6, 6.07) is 16.4. The van der Waals surface area contributed by atoms with Gasteiger partial charge in [-0.15, -0.1) is 21.5 Å². The topological polar surface area (TPSA) is 43.6 Å². The third-order valence-corrected chi connectivity index (χ3v) is 4.21. The molecule has 0 fully saturated rings. The third kappa shape index (κ3) is 1.88. The van der Waals surface area contributed by atoms with Crippen LogP contribution in [0.2, 0.25) is 0 Å². The second kappa shape index (κ2) is 4.54. The Labute approximate surface area is 119 Å². The summed E-state index contributed by atoms with van der Waals surface area (Å²) >= 11 is 1.71. The first kappa shape index (κ1) is 11.3. The zero-order valence-corrected chi connectivity index (χ0v) is 11.3. The predicted octanol–water partition coefficient (Wildman–Crippen LogP) is 3.54. The second-order valence-electron chi connectivity index (χ2n) is 4.40. The van der Waals surface area contributed by atoms with Crippen molar-refractivity contribution in [2.45, 2.75) is 0 Å². The Balaban J connectivity index is 1.75. The molecule has 0 aliphatic heterocycles. The fourth-order valence-electron chi connectivity index (χ4n) is 2.11. The molecule has 0 unspecified atom stereocenters. The molecule has 0 saturated carbocycles. The van der Waals surface area contributed by atoms with Gasteiger partial charge in [0.1, 0.15) is 17.7 Å². The van der Waals surface area contributed by atoms with E-state index in [4.69, 9.17) is 0 Å². The molecule has 20 heavy (non-hydrogen) atoms. The molecule has 96 valence electrons. The minimum atomic E-state index is 1.04. The highest BCUT2D eigenvalue weighted by atomic mass is 32.1. The fourth-order valence-corrected chi connectivity index (χ4v) is 3.08. The molecular formula is C15H10N4S. The van der Waals surface area contributed by atoms with Gasteiger partial charge in [-0.2, -0.15) is 0 Å². The normalized spacial score (nSPS) is 11.0. The third-order valence-electron chi connectivity index (χ3n) is 3.13. The van der Waals surface area contributed by atoms with Crippen molar-refractivity contribution in [3.63, 3.8) is 0 Å². The second-order valence-corrected chi connectivity index (χ2v) is 5.43. The zero-order chi connectivity index (χ0) is 13.4. The molecule has 5 heteroatoms. The summed E-state index contributed by atoms with van der Waals surface area (Å²) in [4.78, 5) is 4.66. The SMILES string of the molecule is c1ccc2sc(-c3ccc(-n4cnnc4)cc3)nc2c1. The Bertz CT molecular complexity index is 814. The molecule has 4 nitrogen and oxygen atoms in total. The molecule has 0 saturated heterocycles. The molecule has 2 heterocycles. The van der Waals surface area contributed by atoms with Gasteiger partial charge >= 0.3 is 0 Å². The van der Waals surface area contributed by atoms with Crippen molar-refractivity contribution in [2.24, 2.45) is 0 Å². The van der Waals surface area contributed by atoms with E-state index in [2.05, 4.69) is 33.4 Å². The Hall–Kier alpha value is -2.53. The van der Waals surface area contributed by atoms with Gasteiger partial charge in [-0.3, -0.25) is 4.57 Å². The number of benzene rings is 2. The number of thiazole rings is 1. The summed E-state index contributed by atoms with van der Waals surface area (Å²) in [5.74, 6) is 0. The standard InChI is InChI=1S/C15H10N4S/c1-2-4-14-13(3-1)18-15(20-14)11-5-7-12(8-6-11)19-9-16-17-10-19/h1-10H. The smallest absolute Gasteiger partial charge is 0.124 e. The molecular weight excluding hydrogens is 268 g/mol. The van der Waals surface area contributed by atoms with Crippen LogP contribution in [0.1, 0.15) is 0 Å². The Morgan fingerprint density at radius 3 is 2.35 bits per heavy atom. The average molecular weight is 278 g/mol. The summed E-state index contributed by atoms with van der Waals surface area (Å²) < 4.78 is 3.09. The van der Waals surface area contributed by atoms with Crippen LogP contribution in [0, 0.1) is 0 Å². The van der Waals surface area contributed by atoms with Crippen LogP contribution in [0.25, 0.3) is 26.5 Å². The van der Waals surface area contributed by atoms with Crippen molar-refractivity contribution in [3.8, 4) is 16.3 Å². The number of para-hydroxylation sites is 1. The number of hydrogen-bond acceptors (Lipinski definition) is 4. The largest absolute Gasteiger partial charge is 0.288 e. The molecule has 4 rings (SSSR count). The Morgan fingerprint density at radius 1 is 0.850 bits per heavy atom. The highest BCUT2D eigenvalue weighted by Crippen LogP contribution is 2.30. The van der Waals surface area contributed by atoms with Gasteiger partial charge in [-0.05, 0) is 36.4 Å². The van der Waals surface area contributed by atoms with Crippen LogP contribution in [0.15, 0.2) is 61.2 Å². The summed E-state index contributed by atoms with van der Waals surface area (Å²) in [7, 11) is 0. The number of aromatic nitrogens is 4. The quantitative estimate of drug-likeness (QED) is 0.563. The molecule has 2 aromatic carbocycles. The first-order valence-electron chi connectivity index (χ1n) is 6.21. The van der Waals surface area contributed by atoms with E-state index in [-0.39, 0.29) is 0 Å². The highest BCUT2D eigenvalue weighted by molar-refractivity contribution is 7.21. The maximum Gasteiger partial charge on any atom is 0.124 e. The van der Waals surface area contributed by atoms with E-state index in [9.17, 15) is 0 Å². The minimum Gasteiger partial charge on any atom is -0.288 e. The van der Waals surface area contributed by atoms with E-state index in [1.165, 1.54) is 4.70 Å². The molecule has 0 spiro atoms. The first-order chi connectivity index (χ1) is 9.90. The van der Waals surface area contributed by atoms with Crippen LogP contribution < -0.4 is 0 Å². The van der Waals surface area contributed by atoms with Gasteiger partial charge in [0.15, 0.2) is 0 Å². The molecule has 2 aromatic heterocycles. The van der Waals surface area contributed by atoms with Gasteiger partial charge in [0.2, 0.25) is 0 Å². The number of nitrogens with zero attached hydrogens (tertiary/aromatic N) is 4. The maximum absolute atomic E-state index is 4.66. The van der Waals surface area contributed by atoms with Crippen molar-refractivity contribution in [2.75, 3.05) is 0 Å². The summed E-state index contributed by atoms with van der Waals surface area (Å²) in [5, 5.41) is 8.66. The van der Waals surface area contributed by atoms with Gasteiger partial charge < -0.3 is 0 Å². The lowest BCUT2D eigenvalue weighted by atomic mass is 10.2. The van der Waals surface area contributed by atoms with Gasteiger partial charge in [-0.1, -0.05) is 12.1 Å². The first-order valence-corrected chi connectivity index (χ1v) is 7.03. The van der Waals surface area contributed by atoms with Crippen molar-refractivity contribution in [3.05, 3.63) is 61.2 Å². The van der Waals surface area contributed by atoms with Crippen LogP contribution in [0.3, 0.4) is 0 Å². The average Bonchev–Trinajstić information content (AvgIpc) is 3.17. The molecule has 0 bridgehead atoms. The minimum absolute atomic E-state index is 1.04. The monoisotopic (exact) mass is 278 g/mol. The van der Waals surface area contributed by atoms with E-state index in [1.54, 1.807) is 24.0 Å². The Morgan fingerprint density at radius 2 is 1.60 bits per heavy atom. The van der Waals surface area contributed by atoms with Gasteiger partial charge in [0.25, 0.3) is 0 Å². The van der Waals surface area contributed by atoms with E-state index < -0.39 is 0 Å². The van der Waals surface area contributed by atoms with Gasteiger partial charge in [-0.25, -0.2) is 4.98 Å².